The Morgan fingerprint density at radius 2 is 2.67 bits per heavy atom. The molecule has 0 aromatic rings. The molecule has 1 rings (SSSR count). The van der Waals surface area contributed by atoms with Crippen molar-refractivity contribution in [3.05, 3.63) is 22.4 Å². The molecule has 0 aromatic carbocycles. The van der Waals surface area contributed by atoms with E-state index in [2.05, 4.69) is 11.6 Å². The van der Waals surface area contributed by atoms with Crippen molar-refractivity contribution in [3.63, 3.8) is 0 Å². The van der Waals surface area contributed by atoms with Crippen LogP contribution in [0.3, 0.4) is 0 Å². The lowest BCUT2D eigenvalue weighted by Gasteiger charge is -2.06. The molecule has 1 aliphatic heterocycles. The van der Waals surface area contributed by atoms with E-state index in [4.69, 9.17) is 0 Å². The highest BCUT2D eigenvalue weighted by atomic mass is 16.6. The van der Waals surface area contributed by atoms with Crippen LogP contribution in [-0.2, 0) is 0 Å². The first-order valence-corrected chi connectivity index (χ1v) is 2.43. The molecule has 1 atom stereocenters. The third-order valence-electron chi connectivity index (χ3n) is 0.979. The molecule has 1 N–H and O–H groups in total. The number of hydrazine groups is 1. The molecule has 0 aliphatic carbocycles. The molecule has 0 amide bonds. The smallest absolute Gasteiger partial charge is 0.303 e. The van der Waals surface area contributed by atoms with Crippen LogP contribution in [0, 0.1) is 16.3 Å². The fraction of sp³-hybridized carbons (Fsp3) is 0.500. The van der Waals surface area contributed by atoms with E-state index in [1.54, 1.807) is 7.05 Å². The van der Waals surface area contributed by atoms with Crippen molar-refractivity contribution in [1.82, 2.24) is 10.4 Å². The van der Waals surface area contributed by atoms with Gasteiger partial charge in [0, 0.05) is 18.0 Å². The van der Waals surface area contributed by atoms with E-state index in [-0.39, 0.29) is 0 Å². The maximum atomic E-state index is 9.99. The summed E-state index contributed by atoms with van der Waals surface area (Å²) >= 11 is 0. The Balaban J connectivity index is 2.50. The van der Waals surface area contributed by atoms with Crippen molar-refractivity contribution in [1.29, 1.82) is 0 Å². The summed E-state index contributed by atoms with van der Waals surface area (Å²) in [5.74, 6) is 0. The van der Waals surface area contributed by atoms with Gasteiger partial charge < -0.3 is 5.01 Å². The fourth-order valence-electron chi connectivity index (χ4n) is 0.563. The second-order valence-electron chi connectivity index (χ2n) is 1.71. The highest BCUT2D eigenvalue weighted by Crippen LogP contribution is 1.96. The predicted molar refractivity (Wildman–Crippen MR) is 29.5 cm³/mol. The van der Waals surface area contributed by atoms with Gasteiger partial charge in [0.2, 0.25) is 0 Å². The Labute approximate surface area is 52.1 Å². The van der Waals surface area contributed by atoms with Gasteiger partial charge in [0.15, 0.2) is 0 Å². The summed E-state index contributed by atoms with van der Waals surface area (Å²) in [6, 6.07) is 0. The molecule has 1 radical (unpaired) electrons. The van der Waals surface area contributed by atoms with Crippen molar-refractivity contribution in [2.75, 3.05) is 7.05 Å². The van der Waals surface area contributed by atoms with Crippen LogP contribution < -0.4 is 5.43 Å². The molecule has 1 unspecified atom stereocenters. The topological polar surface area (TPSA) is 58.4 Å². The maximum Gasteiger partial charge on any atom is 0.303 e. The van der Waals surface area contributed by atoms with Gasteiger partial charge in [0.25, 0.3) is 0 Å². The van der Waals surface area contributed by atoms with E-state index in [9.17, 15) is 10.1 Å². The minimum atomic E-state index is -0.796. The molecule has 0 fully saturated rings. The Morgan fingerprint density at radius 3 is 2.89 bits per heavy atom. The fourth-order valence-corrected chi connectivity index (χ4v) is 0.563. The molecule has 0 aromatic heterocycles. The molecule has 0 saturated carbocycles. The zero-order chi connectivity index (χ0) is 6.85. The normalized spacial score (nSPS) is 25.0. The molecule has 0 saturated heterocycles. The van der Waals surface area contributed by atoms with E-state index in [1.165, 1.54) is 11.1 Å². The summed E-state index contributed by atoms with van der Waals surface area (Å²) in [5, 5.41) is 11.4. The lowest BCUT2D eigenvalue weighted by atomic mass is 10.5. The standard InChI is InChI=1S/C4H6N3O2/c1-6-3-2-4(5-6)7(8)9/h2,4-5H,1H3. The van der Waals surface area contributed by atoms with Crippen molar-refractivity contribution in [2.45, 2.75) is 6.17 Å². The van der Waals surface area contributed by atoms with Gasteiger partial charge in [-0.25, -0.2) is 0 Å². The van der Waals surface area contributed by atoms with Gasteiger partial charge in [0.05, 0.1) is 6.20 Å². The quantitative estimate of drug-likeness (QED) is 0.377. The van der Waals surface area contributed by atoms with Crippen molar-refractivity contribution in [2.24, 2.45) is 0 Å². The Morgan fingerprint density at radius 1 is 2.00 bits per heavy atom. The SMILES string of the molecule is CN1[C]=CC([N+](=O)[O-])N1. The second kappa shape index (κ2) is 2.02. The molecule has 1 heterocycles. The number of hydrogen-bond acceptors (Lipinski definition) is 4. The number of hydrogen-bond donors (Lipinski definition) is 1. The van der Waals surface area contributed by atoms with Crippen LogP contribution >= 0.6 is 0 Å². The van der Waals surface area contributed by atoms with Gasteiger partial charge in [-0.15, -0.1) is 0 Å². The van der Waals surface area contributed by atoms with E-state index in [0.29, 0.717) is 0 Å². The van der Waals surface area contributed by atoms with Crippen LogP contribution in [0.1, 0.15) is 0 Å². The summed E-state index contributed by atoms with van der Waals surface area (Å²) in [6.45, 7) is 0. The van der Waals surface area contributed by atoms with Gasteiger partial charge >= 0.3 is 6.17 Å². The third-order valence-corrected chi connectivity index (χ3v) is 0.979. The minimum absolute atomic E-state index is 0.420. The van der Waals surface area contributed by atoms with Crippen LogP contribution in [0.5, 0.6) is 0 Å². The molecule has 5 heteroatoms. The molecule has 1 aliphatic rings. The van der Waals surface area contributed by atoms with Crippen LogP contribution in [0.15, 0.2) is 6.08 Å². The maximum absolute atomic E-state index is 9.99. The molecular formula is C4H6N3O2. The zero-order valence-electron chi connectivity index (χ0n) is 4.87. The summed E-state index contributed by atoms with van der Waals surface area (Å²) in [7, 11) is 1.65. The first-order valence-electron chi connectivity index (χ1n) is 2.43. The lowest BCUT2D eigenvalue weighted by molar-refractivity contribution is -0.518. The molecular weight excluding hydrogens is 122 g/mol. The molecule has 0 bridgehead atoms. The van der Waals surface area contributed by atoms with E-state index in [0.717, 1.165) is 0 Å². The highest BCUT2D eigenvalue weighted by molar-refractivity contribution is 4.85. The van der Waals surface area contributed by atoms with Crippen molar-refractivity contribution >= 4 is 0 Å². The monoisotopic (exact) mass is 128 g/mol. The van der Waals surface area contributed by atoms with E-state index < -0.39 is 11.1 Å². The number of rotatable bonds is 1. The van der Waals surface area contributed by atoms with Gasteiger partial charge in [-0.2, -0.15) is 5.43 Å². The Bertz CT molecular complexity index is 156. The molecule has 49 valence electrons. The van der Waals surface area contributed by atoms with Gasteiger partial charge in [-0.3, -0.25) is 10.1 Å². The van der Waals surface area contributed by atoms with Crippen LogP contribution in [0.2, 0.25) is 0 Å². The molecule has 0 spiro atoms. The highest BCUT2D eigenvalue weighted by Gasteiger charge is 2.21. The first-order chi connectivity index (χ1) is 4.20. The summed E-state index contributed by atoms with van der Waals surface area (Å²) in [5.41, 5.74) is 2.52. The van der Waals surface area contributed by atoms with E-state index in [1.807, 2.05) is 0 Å². The number of nitrogens with one attached hydrogen (secondary N) is 1. The largest absolute Gasteiger partial charge is 0.304 e. The predicted octanol–water partition coefficient (Wildman–Crippen LogP) is -0.644. The lowest BCUT2D eigenvalue weighted by Crippen LogP contribution is -2.37. The molecule has 9 heavy (non-hydrogen) atoms. The average molecular weight is 128 g/mol. The van der Waals surface area contributed by atoms with Crippen molar-refractivity contribution < 1.29 is 4.92 Å². The second-order valence-corrected chi connectivity index (χ2v) is 1.71. The van der Waals surface area contributed by atoms with Gasteiger partial charge in [0.1, 0.15) is 0 Å². The average Bonchev–Trinajstić information content (AvgIpc) is 2.14. The van der Waals surface area contributed by atoms with E-state index >= 15 is 0 Å². The third kappa shape index (κ3) is 1.17. The van der Waals surface area contributed by atoms with Gasteiger partial charge in [-0.05, 0) is 0 Å². The summed E-state index contributed by atoms with van der Waals surface area (Å²) in [6.07, 6.45) is 3.17. The summed E-state index contributed by atoms with van der Waals surface area (Å²) in [4.78, 5) is 9.57. The Hall–Kier alpha value is -1.10. The van der Waals surface area contributed by atoms with Gasteiger partial charge in [-0.1, -0.05) is 0 Å². The van der Waals surface area contributed by atoms with Crippen LogP contribution in [0.4, 0.5) is 0 Å². The number of nitro groups is 1. The Kier molecular flexibility index (Phi) is 1.35. The summed E-state index contributed by atoms with van der Waals surface area (Å²) < 4.78 is 0. The van der Waals surface area contributed by atoms with Crippen LogP contribution in [0.25, 0.3) is 0 Å². The zero-order valence-corrected chi connectivity index (χ0v) is 4.87. The first kappa shape index (κ1) is 6.03. The van der Waals surface area contributed by atoms with Crippen molar-refractivity contribution in [3.8, 4) is 0 Å². The molecule has 5 nitrogen and oxygen atoms in total. The minimum Gasteiger partial charge on any atom is -0.304 e. The van der Waals surface area contributed by atoms with Crippen LogP contribution in [-0.4, -0.2) is 23.1 Å². The number of nitrogens with zero attached hydrogens (tertiary/aromatic N) is 2.